The zero-order valence-corrected chi connectivity index (χ0v) is 12.2. The van der Waals surface area contributed by atoms with Gasteiger partial charge in [0.1, 0.15) is 12.4 Å². The van der Waals surface area contributed by atoms with Gasteiger partial charge in [0.05, 0.1) is 4.90 Å². The Morgan fingerprint density at radius 1 is 1.10 bits per heavy atom. The van der Waals surface area contributed by atoms with Gasteiger partial charge in [0.25, 0.3) is 0 Å². The molecular formula is C14H17N3O3S. The monoisotopic (exact) mass is 307 g/mol. The normalized spacial score (nSPS) is 11.3. The highest BCUT2D eigenvalue weighted by Crippen LogP contribution is 2.16. The van der Waals surface area contributed by atoms with Gasteiger partial charge < -0.3 is 10.5 Å². The smallest absolute Gasteiger partial charge is 0.240 e. The molecule has 2 aromatic rings. The number of ether oxygens (including phenoxy) is 1. The molecule has 6 nitrogen and oxygen atoms in total. The lowest BCUT2D eigenvalue weighted by Gasteiger charge is -2.08. The van der Waals surface area contributed by atoms with Crippen LogP contribution in [0, 0.1) is 0 Å². The van der Waals surface area contributed by atoms with Crippen LogP contribution in [-0.4, -0.2) is 26.6 Å². The summed E-state index contributed by atoms with van der Waals surface area (Å²) in [7, 11) is -3.55. The lowest BCUT2D eigenvalue weighted by Crippen LogP contribution is -2.23. The number of nitrogens with one attached hydrogen (secondary N) is 1. The molecule has 21 heavy (non-hydrogen) atoms. The van der Waals surface area contributed by atoms with Gasteiger partial charge >= 0.3 is 0 Å². The second-order valence-corrected chi connectivity index (χ2v) is 6.06. The van der Waals surface area contributed by atoms with Crippen molar-refractivity contribution in [2.45, 2.75) is 11.4 Å². The molecule has 0 radical (unpaired) electrons. The highest BCUT2D eigenvalue weighted by molar-refractivity contribution is 7.89. The standard InChI is InChI=1S/C14H17N3O3S/c15-7-10-20-13-1-3-14(4-2-13)21(18,19)17-11-12-5-8-16-9-6-12/h1-6,8-9,17H,7,10-11,15H2. The number of pyridine rings is 1. The molecule has 2 rings (SSSR count). The van der Waals surface area contributed by atoms with E-state index in [1.807, 2.05) is 0 Å². The van der Waals surface area contributed by atoms with Gasteiger partial charge in [0.15, 0.2) is 0 Å². The Kier molecular flexibility index (Phi) is 5.26. The lowest BCUT2D eigenvalue weighted by atomic mass is 10.3. The van der Waals surface area contributed by atoms with Gasteiger partial charge in [-0.15, -0.1) is 0 Å². The molecule has 0 fully saturated rings. The minimum absolute atomic E-state index is 0.191. The summed E-state index contributed by atoms with van der Waals surface area (Å²) in [4.78, 5) is 4.07. The van der Waals surface area contributed by atoms with Crippen LogP contribution in [0.15, 0.2) is 53.7 Å². The largest absolute Gasteiger partial charge is 0.492 e. The first kappa shape index (κ1) is 15.4. The van der Waals surface area contributed by atoms with Crippen molar-refractivity contribution in [3.8, 4) is 5.75 Å². The van der Waals surface area contributed by atoms with Crippen molar-refractivity contribution >= 4 is 10.0 Å². The molecule has 3 N–H and O–H groups in total. The predicted octanol–water partition coefficient (Wildman–Crippen LogP) is 0.898. The van der Waals surface area contributed by atoms with Gasteiger partial charge in [-0.25, -0.2) is 13.1 Å². The second kappa shape index (κ2) is 7.16. The fraction of sp³-hybridized carbons (Fsp3) is 0.214. The SMILES string of the molecule is NCCOc1ccc(S(=O)(=O)NCc2ccncc2)cc1. The Hall–Kier alpha value is -1.96. The van der Waals surface area contributed by atoms with E-state index in [1.165, 1.54) is 12.1 Å². The Morgan fingerprint density at radius 2 is 1.76 bits per heavy atom. The van der Waals surface area contributed by atoms with E-state index in [4.69, 9.17) is 10.5 Å². The minimum atomic E-state index is -3.55. The molecule has 0 aliphatic rings. The number of nitrogens with zero attached hydrogens (tertiary/aromatic N) is 1. The summed E-state index contributed by atoms with van der Waals surface area (Å²) >= 11 is 0. The van der Waals surface area contributed by atoms with Crippen LogP contribution >= 0.6 is 0 Å². The predicted molar refractivity (Wildman–Crippen MR) is 79.3 cm³/mol. The van der Waals surface area contributed by atoms with E-state index in [1.54, 1.807) is 36.7 Å². The fourth-order valence-electron chi connectivity index (χ4n) is 1.65. The minimum Gasteiger partial charge on any atom is -0.492 e. The molecule has 0 amide bonds. The Bertz CT molecular complexity index is 658. The molecule has 7 heteroatoms. The molecule has 1 heterocycles. The Labute approximate surface area is 124 Å². The third kappa shape index (κ3) is 4.52. The number of hydrogen-bond donors (Lipinski definition) is 2. The number of sulfonamides is 1. The van der Waals surface area contributed by atoms with E-state index in [-0.39, 0.29) is 11.4 Å². The van der Waals surface area contributed by atoms with Gasteiger partial charge in [0, 0.05) is 25.5 Å². The second-order valence-electron chi connectivity index (χ2n) is 4.29. The van der Waals surface area contributed by atoms with Crippen molar-refractivity contribution in [1.82, 2.24) is 9.71 Å². The summed E-state index contributed by atoms with van der Waals surface area (Å²) in [5, 5.41) is 0. The van der Waals surface area contributed by atoms with E-state index in [0.717, 1.165) is 5.56 Å². The van der Waals surface area contributed by atoms with Crippen molar-refractivity contribution in [1.29, 1.82) is 0 Å². The van der Waals surface area contributed by atoms with E-state index in [2.05, 4.69) is 9.71 Å². The quantitative estimate of drug-likeness (QED) is 0.792. The maximum absolute atomic E-state index is 12.1. The molecule has 0 aliphatic carbocycles. The zero-order chi connectivity index (χ0) is 15.1. The lowest BCUT2D eigenvalue weighted by molar-refractivity contribution is 0.328. The van der Waals surface area contributed by atoms with Crippen LogP contribution in [-0.2, 0) is 16.6 Å². The highest BCUT2D eigenvalue weighted by Gasteiger charge is 2.13. The maximum Gasteiger partial charge on any atom is 0.240 e. The van der Waals surface area contributed by atoms with Gasteiger partial charge in [-0.2, -0.15) is 0 Å². The van der Waals surface area contributed by atoms with Crippen LogP contribution < -0.4 is 15.2 Å². The summed E-state index contributed by atoms with van der Waals surface area (Å²) in [6.45, 7) is 1.02. The molecular weight excluding hydrogens is 290 g/mol. The van der Waals surface area contributed by atoms with Crippen LogP contribution in [0.4, 0.5) is 0 Å². The molecule has 0 unspecified atom stereocenters. The number of aromatic nitrogens is 1. The third-order valence-electron chi connectivity index (χ3n) is 2.74. The molecule has 0 spiro atoms. The van der Waals surface area contributed by atoms with E-state index in [0.29, 0.717) is 18.9 Å². The number of nitrogens with two attached hydrogens (primary N) is 1. The van der Waals surface area contributed by atoms with Crippen molar-refractivity contribution in [3.05, 3.63) is 54.4 Å². The van der Waals surface area contributed by atoms with Gasteiger partial charge in [-0.3, -0.25) is 4.98 Å². The van der Waals surface area contributed by atoms with Crippen LogP contribution in [0.1, 0.15) is 5.56 Å². The van der Waals surface area contributed by atoms with Crippen molar-refractivity contribution in [3.63, 3.8) is 0 Å². The van der Waals surface area contributed by atoms with Gasteiger partial charge in [0.2, 0.25) is 10.0 Å². The summed E-state index contributed by atoms with van der Waals surface area (Å²) < 4.78 is 32.1. The first-order valence-electron chi connectivity index (χ1n) is 6.43. The van der Waals surface area contributed by atoms with Gasteiger partial charge in [-0.1, -0.05) is 0 Å². The Balaban J connectivity index is 2.02. The summed E-state index contributed by atoms with van der Waals surface area (Å²) in [5.74, 6) is 0.591. The number of rotatable bonds is 7. The average molecular weight is 307 g/mol. The molecule has 0 bridgehead atoms. The molecule has 0 aliphatic heterocycles. The molecule has 0 saturated carbocycles. The number of benzene rings is 1. The zero-order valence-electron chi connectivity index (χ0n) is 11.4. The molecule has 1 aromatic heterocycles. The first-order chi connectivity index (χ1) is 10.1. The van der Waals surface area contributed by atoms with Crippen LogP contribution in [0.25, 0.3) is 0 Å². The number of hydrogen-bond acceptors (Lipinski definition) is 5. The average Bonchev–Trinajstić information content (AvgIpc) is 2.52. The topological polar surface area (TPSA) is 94.3 Å². The summed E-state index contributed by atoms with van der Waals surface area (Å²) in [6, 6.07) is 9.73. The fourth-order valence-corrected chi connectivity index (χ4v) is 2.67. The Morgan fingerprint density at radius 3 is 2.38 bits per heavy atom. The molecule has 0 atom stereocenters. The third-order valence-corrected chi connectivity index (χ3v) is 4.15. The summed E-state index contributed by atoms with van der Waals surface area (Å²) in [5.41, 5.74) is 6.18. The molecule has 1 aromatic carbocycles. The van der Waals surface area contributed by atoms with Crippen molar-refractivity contribution in [2.24, 2.45) is 5.73 Å². The van der Waals surface area contributed by atoms with Gasteiger partial charge in [-0.05, 0) is 42.0 Å². The highest BCUT2D eigenvalue weighted by atomic mass is 32.2. The maximum atomic E-state index is 12.1. The van der Waals surface area contributed by atoms with Crippen LogP contribution in [0.5, 0.6) is 5.75 Å². The molecule has 112 valence electrons. The van der Waals surface area contributed by atoms with Crippen LogP contribution in [0.2, 0.25) is 0 Å². The van der Waals surface area contributed by atoms with Crippen LogP contribution in [0.3, 0.4) is 0 Å². The van der Waals surface area contributed by atoms with Crippen molar-refractivity contribution in [2.75, 3.05) is 13.2 Å². The molecule has 0 saturated heterocycles. The van der Waals surface area contributed by atoms with E-state index in [9.17, 15) is 8.42 Å². The first-order valence-corrected chi connectivity index (χ1v) is 7.91. The van der Waals surface area contributed by atoms with E-state index < -0.39 is 10.0 Å². The summed E-state index contributed by atoms with van der Waals surface area (Å²) in [6.07, 6.45) is 3.24. The van der Waals surface area contributed by atoms with E-state index >= 15 is 0 Å². The van der Waals surface area contributed by atoms with Crippen molar-refractivity contribution < 1.29 is 13.2 Å².